The maximum Gasteiger partial charge on any atom is 0.331 e. The van der Waals surface area contributed by atoms with Crippen molar-refractivity contribution >= 4 is 28.9 Å². The van der Waals surface area contributed by atoms with E-state index in [9.17, 15) is 14.0 Å². The van der Waals surface area contributed by atoms with Crippen LogP contribution in [0.1, 0.15) is 4.88 Å². The van der Waals surface area contributed by atoms with Gasteiger partial charge in [0.2, 0.25) is 0 Å². The molecule has 0 bridgehead atoms. The third-order valence-electron chi connectivity index (χ3n) is 3.50. The van der Waals surface area contributed by atoms with Crippen molar-refractivity contribution in [3.63, 3.8) is 0 Å². The lowest BCUT2D eigenvalue weighted by Crippen LogP contribution is -2.23. The molecule has 3 rings (SSSR count). The molecule has 0 aliphatic rings. The highest BCUT2D eigenvalue weighted by atomic mass is 35.5. The number of ether oxygens (including phenoxy) is 1. The number of halogens is 2. The number of nitrogens with zero attached hydrogens (tertiary/aromatic N) is 1. The van der Waals surface area contributed by atoms with Crippen LogP contribution < -0.4 is 9.61 Å². The van der Waals surface area contributed by atoms with Gasteiger partial charge >= 0.3 is 10.8 Å². The molecule has 0 unspecified atom stereocenters. The van der Waals surface area contributed by atoms with E-state index in [0.29, 0.717) is 22.0 Å². The fraction of sp³-hybridized carbons (Fsp3) is 0.111. The number of carbonyl (C=O) groups is 1. The molecule has 0 fully saturated rings. The highest BCUT2D eigenvalue weighted by Gasteiger charge is 2.17. The molecule has 0 amide bonds. The molecule has 2 aromatic carbocycles. The quantitative estimate of drug-likeness (QED) is 0.503. The van der Waals surface area contributed by atoms with Crippen molar-refractivity contribution in [3.8, 4) is 17.0 Å². The van der Waals surface area contributed by atoms with Crippen LogP contribution in [0.25, 0.3) is 11.3 Å². The molecule has 3 aromatic rings. The van der Waals surface area contributed by atoms with Crippen molar-refractivity contribution in [1.29, 1.82) is 0 Å². The van der Waals surface area contributed by atoms with Crippen LogP contribution in [0.4, 0.5) is 4.39 Å². The van der Waals surface area contributed by atoms with Crippen LogP contribution in [-0.4, -0.2) is 10.5 Å². The van der Waals surface area contributed by atoms with Crippen LogP contribution in [-0.2, 0) is 11.3 Å². The molecule has 4 nitrogen and oxygen atoms in total. The van der Waals surface area contributed by atoms with Crippen LogP contribution in [0.3, 0.4) is 0 Å². The van der Waals surface area contributed by atoms with Gasteiger partial charge in [-0.25, -0.2) is 9.18 Å². The van der Waals surface area contributed by atoms with Gasteiger partial charge in [-0.15, -0.1) is 0 Å². The molecule has 0 aliphatic heterocycles. The van der Waals surface area contributed by atoms with E-state index in [2.05, 4.69) is 0 Å². The Morgan fingerprint density at radius 2 is 1.96 bits per heavy atom. The minimum absolute atomic E-state index is 0.248. The molecule has 7 heteroatoms. The van der Waals surface area contributed by atoms with Crippen LogP contribution in [0.5, 0.6) is 5.75 Å². The van der Waals surface area contributed by atoms with Crippen LogP contribution in [0.15, 0.2) is 53.3 Å². The Bertz CT molecular complexity index is 979. The summed E-state index contributed by atoms with van der Waals surface area (Å²) >= 11 is 6.89. The predicted octanol–water partition coefficient (Wildman–Crippen LogP) is 4.28. The van der Waals surface area contributed by atoms with E-state index in [0.717, 1.165) is 16.2 Å². The first-order valence-corrected chi connectivity index (χ1v) is 8.56. The summed E-state index contributed by atoms with van der Waals surface area (Å²) in [4.78, 5) is 24.9. The zero-order valence-electron chi connectivity index (χ0n) is 13.2. The molecule has 0 saturated heterocycles. The van der Waals surface area contributed by atoms with Gasteiger partial charge < -0.3 is 4.74 Å². The van der Waals surface area contributed by atoms with Gasteiger partial charge in [0.15, 0.2) is 0 Å². The molecule has 0 spiro atoms. The van der Waals surface area contributed by atoms with Gasteiger partial charge in [0.1, 0.15) is 18.1 Å². The molecule has 1 aromatic heterocycles. The summed E-state index contributed by atoms with van der Waals surface area (Å²) in [6.07, 6.45) is 0. The van der Waals surface area contributed by atoms with E-state index in [1.807, 2.05) is 0 Å². The Kier molecular flexibility index (Phi) is 5.01. The van der Waals surface area contributed by atoms with Crippen LogP contribution >= 0.6 is 22.9 Å². The molecule has 0 atom stereocenters. The monoisotopic (exact) mass is 377 g/mol. The molecule has 25 heavy (non-hydrogen) atoms. The molecule has 0 saturated carbocycles. The number of hydrogen-bond donors (Lipinski definition) is 0. The van der Waals surface area contributed by atoms with Gasteiger partial charge in [0.25, 0.3) is 0 Å². The number of aromatic nitrogens is 1. The van der Waals surface area contributed by atoms with Crippen molar-refractivity contribution < 1.29 is 13.9 Å². The first kappa shape index (κ1) is 17.4. The summed E-state index contributed by atoms with van der Waals surface area (Å²) in [5, 5.41) is 0.445. The third kappa shape index (κ3) is 3.97. The second-order valence-corrected chi connectivity index (χ2v) is 6.90. The lowest BCUT2D eigenvalue weighted by Gasteiger charge is -2.09. The van der Waals surface area contributed by atoms with Gasteiger partial charge in [0.05, 0.1) is 5.69 Å². The van der Waals surface area contributed by atoms with Crippen LogP contribution in [0, 0.1) is 12.7 Å². The lowest BCUT2D eigenvalue weighted by atomic mass is 10.1. The average Bonchev–Trinajstić information content (AvgIpc) is 2.82. The van der Waals surface area contributed by atoms with Gasteiger partial charge in [-0.05, 0) is 55.0 Å². The Morgan fingerprint density at radius 3 is 2.64 bits per heavy atom. The fourth-order valence-corrected chi connectivity index (χ4v) is 3.48. The third-order valence-corrected chi connectivity index (χ3v) is 4.63. The maximum absolute atomic E-state index is 13.1. The molecular weight excluding hydrogens is 365 g/mol. The summed E-state index contributed by atoms with van der Waals surface area (Å²) in [6.45, 7) is 1.53. The molecule has 0 aliphatic carbocycles. The number of hydrogen-bond acceptors (Lipinski definition) is 4. The number of benzene rings is 2. The van der Waals surface area contributed by atoms with Gasteiger partial charge in [-0.2, -0.15) is 0 Å². The zero-order chi connectivity index (χ0) is 18.0. The smallest absolute Gasteiger partial charge is 0.331 e. The average molecular weight is 378 g/mol. The Labute approximate surface area is 152 Å². The van der Waals surface area contributed by atoms with E-state index < -0.39 is 5.97 Å². The van der Waals surface area contributed by atoms with Crippen molar-refractivity contribution in [1.82, 2.24) is 4.57 Å². The van der Waals surface area contributed by atoms with Crippen molar-refractivity contribution in [2.75, 3.05) is 0 Å². The molecule has 1 heterocycles. The van der Waals surface area contributed by atoms with E-state index in [1.54, 1.807) is 37.3 Å². The normalized spacial score (nSPS) is 10.7. The molecule has 0 radical (unpaired) electrons. The number of thiazole rings is 1. The Morgan fingerprint density at radius 1 is 1.24 bits per heavy atom. The Balaban J connectivity index is 1.88. The standard InChI is InChI=1S/C18H13ClFNO3S/c1-11-17(12-5-7-14(20)8-6-12)21(18(23)25-11)10-16(22)24-15-4-2-3-13(19)9-15/h2-9H,10H2,1H3. The van der Waals surface area contributed by atoms with Gasteiger partial charge in [-0.1, -0.05) is 29.0 Å². The number of carbonyl (C=O) groups excluding carboxylic acids is 1. The van der Waals surface area contributed by atoms with E-state index in [-0.39, 0.29) is 17.2 Å². The van der Waals surface area contributed by atoms with Gasteiger partial charge in [0, 0.05) is 9.90 Å². The lowest BCUT2D eigenvalue weighted by molar-refractivity contribution is -0.135. The fourth-order valence-electron chi connectivity index (χ4n) is 2.45. The summed E-state index contributed by atoms with van der Waals surface area (Å²) in [5.74, 6) is -0.655. The Hall–Kier alpha value is -2.44. The topological polar surface area (TPSA) is 48.3 Å². The van der Waals surface area contributed by atoms with E-state index in [4.69, 9.17) is 16.3 Å². The highest BCUT2D eigenvalue weighted by Crippen LogP contribution is 2.25. The number of esters is 1. The second kappa shape index (κ2) is 7.21. The summed E-state index contributed by atoms with van der Waals surface area (Å²) in [7, 11) is 0. The summed E-state index contributed by atoms with van der Waals surface area (Å²) in [5.41, 5.74) is 1.24. The molecule has 128 valence electrons. The number of rotatable bonds is 4. The van der Waals surface area contributed by atoms with E-state index >= 15 is 0 Å². The molecule has 0 N–H and O–H groups in total. The van der Waals surface area contributed by atoms with E-state index in [1.165, 1.54) is 22.8 Å². The summed E-state index contributed by atoms with van der Waals surface area (Å²) in [6, 6.07) is 12.2. The first-order valence-electron chi connectivity index (χ1n) is 7.36. The summed E-state index contributed by atoms with van der Waals surface area (Å²) < 4.78 is 19.7. The van der Waals surface area contributed by atoms with Crippen LogP contribution in [0.2, 0.25) is 5.02 Å². The second-order valence-electron chi connectivity index (χ2n) is 5.30. The first-order chi connectivity index (χ1) is 11.9. The van der Waals surface area contributed by atoms with Crippen molar-refractivity contribution in [2.24, 2.45) is 0 Å². The minimum Gasteiger partial charge on any atom is -0.425 e. The van der Waals surface area contributed by atoms with Crippen molar-refractivity contribution in [3.05, 3.63) is 73.9 Å². The predicted molar refractivity (Wildman–Crippen MR) is 95.8 cm³/mol. The van der Waals surface area contributed by atoms with Gasteiger partial charge in [-0.3, -0.25) is 9.36 Å². The minimum atomic E-state index is -0.592. The zero-order valence-corrected chi connectivity index (χ0v) is 14.7. The number of aryl methyl sites for hydroxylation is 1. The highest BCUT2D eigenvalue weighted by molar-refractivity contribution is 7.09. The molecular formula is C18H13ClFNO3S. The largest absolute Gasteiger partial charge is 0.425 e. The SMILES string of the molecule is Cc1sc(=O)n(CC(=O)Oc2cccc(Cl)c2)c1-c1ccc(F)cc1. The maximum atomic E-state index is 13.1. The van der Waals surface area contributed by atoms with Crippen molar-refractivity contribution in [2.45, 2.75) is 13.5 Å².